The van der Waals surface area contributed by atoms with Gasteiger partial charge in [0.2, 0.25) is 0 Å². The smallest absolute Gasteiger partial charge is 0.0541 e. The molecule has 0 bridgehead atoms. The SMILES string of the molecule is CCCCNCCSc1ccccc1Cl. The summed E-state index contributed by atoms with van der Waals surface area (Å²) in [6.45, 7) is 4.38. The summed E-state index contributed by atoms with van der Waals surface area (Å²) in [5.41, 5.74) is 0. The number of rotatable bonds is 7. The third kappa shape index (κ3) is 5.45. The molecule has 0 fully saturated rings. The Morgan fingerprint density at radius 1 is 1.27 bits per heavy atom. The van der Waals surface area contributed by atoms with Gasteiger partial charge < -0.3 is 5.32 Å². The highest BCUT2D eigenvalue weighted by Crippen LogP contribution is 2.25. The van der Waals surface area contributed by atoms with Gasteiger partial charge in [0.05, 0.1) is 5.02 Å². The third-order valence-electron chi connectivity index (χ3n) is 2.08. The summed E-state index contributed by atoms with van der Waals surface area (Å²) in [5.74, 6) is 1.08. The second kappa shape index (κ2) is 8.03. The maximum absolute atomic E-state index is 6.05. The van der Waals surface area contributed by atoms with Crippen LogP contribution in [0.4, 0.5) is 0 Å². The van der Waals surface area contributed by atoms with Crippen molar-refractivity contribution in [2.24, 2.45) is 0 Å². The van der Waals surface area contributed by atoms with E-state index in [-0.39, 0.29) is 0 Å². The molecule has 3 heteroatoms. The highest BCUT2D eigenvalue weighted by atomic mass is 35.5. The fourth-order valence-electron chi connectivity index (χ4n) is 1.22. The molecule has 0 spiro atoms. The Morgan fingerprint density at radius 2 is 2.07 bits per heavy atom. The molecule has 1 aromatic rings. The van der Waals surface area contributed by atoms with Crippen LogP contribution >= 0.6 is 23.4 Å². The highest BCUT2D eigenvalue weighted by molar-refractivity contribution is 7.99. The molecule has 1 aromatic carbocycles. The number of hydrogen-bond donors (Lipinski definition) is 1. The molecule has 0 unspecified atom stereocenters. The third-order valence-corrected chi connectivity index (χ3v) is 3.60. The topological polar surface area (TPSA) is 12.0 Å². The first-order chi connectivity index (χ1) is 7.34. The quantitative estimate of drug-likeness (QED) is 0.577. The molecule has 0 amide bonds. The van der Waals surface area contributed by atoms with Crippen molar-refractivity contribution in [3.8, 4) is 0 Å². The van der Waals surface area contributed by atoms with E-state index in [0.717, 1.165) is 23.9 Å². The first kappa shape index (κ1) is 12.9. The summed E-state index contributed by atoms with van der Waals surface area (Å²) >= 11 is 7.86. The number of benzene rings is 1. The molecule has 0 saturated carbocycles. The number of hydrogen-bond acceptors (Lipinski definition) is 2. The number of nitrogens with one attached hydrogen (secondary N) is 1. The van der Waals surface area contributed by atoms with E-state index in [9.17, 15) is 0 Å². The Bertz CT molecular complexity index is 278. The molecular weight excluding hydrogens is 226 g/mol. The molecule has 0 atom stereocenters. The van der Waals surface area contributed by atoms with Crippen LogP contribution in [0.3, 0.4) is 0 Å². The largest absolute Gasteiger partial charge is 0.316 e. The van der Waals surface area contributed by atoms with Gasteiger partial charge in [0, 0.05) is 17.2 Å². The Kier molecular flexibility index (Phi) is 6.90. The van der Waals surface area contributed by atoms with Gasteiger partial charge in [-0.25, -0.2) is 0 Å². The lowest BCUT2D eigenvalue weighted by atomic mass is 10.3. The van der Waals surface area contributed by atoms with E-state index in [2.05, 4.69) is 18.3 Å². The summed E-state index contributed by atoms with van der Waals surface area (Å²) in [6, 6.07) is 8.00. The molecule has 1 N–H and O–H groups in total. The van der Waals surface area contributed by atoms with Gasteiger partial charge in [0.1, 0.15) is 0 Å². The van der Waals surface area contributed by atoms with Crippen LogP contribution < -0.4 is 5.32 Å². The first-order valence-corrected chi connectivity index (χ1v) is 6.79. The summed E-state index contributed by atoms with van der Waals surface area (Å²) < 4.78 is 0. The molecule has 0 radical (unpaired) electrons. The number of unbranched alkanes of at least 4 members (excludes halogenated alkanes) is 1. The van der Waals surface area contributed by atoms with Crippen LogP contribution in [0.1, 0.15) is 19.8 Å². The van der Waals surface area contributed by atoms with Crippen molar-refractivity contribution < 1.29 is 0 Å². The van der Waals surface area contributed by atoms with Gasteiger partial charge >= 0.3 is 0 Å². The molecule has 15 heavy (non-hydrogen) atoms. The molecule has 1 rings (SSSR count). The normalized spacial score (nSPS) is 10.5. The van der Waals surface area contributed by atoms with Gasteiger partial charge in [-0.2, -0.15) is 0 Å². The predicted molar refractivity (Wildman–Crippen MR) is 70.0 cm³/mol. The molecule has 1 nitrogen and oxygen atoms in total. The maximum atomic E-state index is 6.05. The van der Waals surface area contributed by atoms with Crippen LogP contribution in [0, 0.1) is 0 Å². The van der Waals surface area contributed by atoms with E-state index in [1.54, 1.807) is 0 Å². The summed E-state index contributed by atoms with van der Waals surface area (Å²) in [6.07, 6.45) is 2.52. The Labute approximate surface area is 102 Å². The van der Waals surface area contributed by atoms with Crippen LogP contribution in [-0.2, 0) is 0 Å². The van der Waals surface area contributed by atoms with Crippen molar-refractivity contribution in [1.82, 2.24) is 5.32 Å². The van der Waals surface area contributed by atoms with E-state index in [1.165, 1.54) is 17.7 Å². The molecule has 0 aliphatic heterocycles. The van der Waals surface area contributed by atoms with Crippen molar-refractivity contribution in [2.75, 3.05) is 18.8 Å². The Balaban J connectivity index is 2.12. The van der Waals surface area contributed by atoms with Gasteiger partial charge in [-0.15, -0.1) is 11.8 Å². The zero-order valence-electron chi connectivity index (χ0n) is 9.13. The lowest BCUT2D eigenvalue weighted by Gasteiger charge is -2.05. The van der Waals surface area contributed by atoms with Gasteiger partial charge in [-0.05, 0) is 25.1 Å². The summed E-state index contributed by atoms with van der Waals surface area (Å²) in [4.78, 5) is 1.18. The van der Waals surface area contributed by atoms with Gasteiger partial charge in [0.15, 0.2) is 0 Å². The second-order valence-electron chi connectivity index (χ2n) is 3.38. The van der Waals surface area contributed by atoms with Crippen LogP contribution in [0.25, 0.3) is 0 Å². The molecule has 0 aliphatic rings. The second-order valence-corrected chi connectivity index (χ2v) is 4.93. The minimum Gasteiger partial charge on any atom is -0.316 e. The predicted octanol–water partition coefficient (Wildman–Crippen LogP) is 3.82. The number of thioether (sulfide) groups is 1. The van der Waals surface area contributed by atoms with E-state index < -0.39 is 0 Å². The fraction of sp³-hybridized carbons (Fsp3) is 0.500. The zero-order chi connectivity index (χ0) is 10.9. The Hall–Kier alpha value is -0.180. The van der Waals surface area contributed by atoms with E-state index >= 15 is 0 Å². The summed E-state index contributed by atoms with van der Waals surface area (Å²) in [7, 11) is 0. The van der Waals surface area contributed by atoms with Gasteiger partial charge in [-0.1, -0.05) is 37.1 Å². The van der Waals surface area contributed by atoms with Crippen molar-refractivity contribution in [3.63, 3.8) is 0 Å². The molecular formula is C12H18ClNS. The first-order valence-electron chi connectivity index (χ1n) is 5.42. The molecule has 0 aliphatic carbocycles. The molecule has 0 saturated heterocycles. The Morgan fingerprint density at radius 3 is 2.80 bits per heavy atom. The lowest BCUT2D eigenvalue weighted by molar-refractivity contribution is 0.666. The minimum absolute atomic E-state index is 0.857. The molecule has 0 aromatic heterocycles. The van der Waals surface area contributed by atoms with Crippen molar-refractivity contribution >= 4 is 23.4 Å². The lowest BCUT2D eigenvalue weighted by Crippen LogP contribution is -2.18. The van der Waals surface area contributed by atoms with E-state index in [1.807, 2.05) is 30.0 Å². The zero-order valence-corrected chi connectivity index (χ0v) is 10.7. The van der Waals surface area contributed by atoms with E-state index in [4.69, 9.17) is 11.6 Å². The van der Waals surface area contributed by atoms with Crippen LogP contribution in [0.5, 0.6) is 0 Å². The molecule has 0 heterocycles. The van der Waals surface area contributed by atoms with E-state index in [0.29, 0.717) is 0 Å². The van der Waals surface area contributed by atoms with Crippen LogP contribution in [-0.4, -0.2) is 18.8 Å². The van der Waals surface area contributed by atoms with Gasteiger partial charge in [0.25, 0.3) is 0 Å². The highest BCUT2D eigenvalue weighted by Gasteiger charge is 1.98. The van der Waals surface area contributed by atoms with Crippen molar-refractivity contribution in [1.29, 1.82) is 0 Å². The standard InChI is InChI=1S/C12H18ClNS/c1-2-3-8-14-9-10-15-12-7-5-4-6-11(12)13/h4-7,14H,2-3,8-10H2,1H3. The number of halogens is 1. The van der Waals surface area contributed by atoms with Gasteiger partial charge in [-0.3, -0.25) is 0 Å². The average molecular weight is 244 g/mol. The average Bonchev–Trinajstić information content (AvgIpc) is 2.25. The van der Waals surface area contributed by atoms with Crippen LogP contribution in [0.2, 0.25) is 5.02 Å². The molecule has 84 valence electrons. The summed E-state index contributed by atoms with van der Waals surface area (Å²) in [5, 5.41) is 4.27. The van der Waals surface area contributed by atoms with Crippen molar-refractivity contribution in [3.05, 3.63) is 29.3 Å². The minimum atomic E-state index is 0.857. The van der Waals surface area contributed by atoms with Crippen molar-refractivity contribution in [2.45, 2.75) is 24.7 Å². The fourth-order valence-corrected chi connectivity index (χ4v) is 2.37. The monoisotopic (exact) mass is 243 g/mol. The maximum Gasteiger partial charge on any atom is 0.0541 e. The van der Waals surface area contributed by atoms with Crippen LogP contribution in [0.15, 0.2) is 29.2 Å².